The minimum Gasteiger partial charge on any atom is -0.346 e. The van der Waals surface area contributed by atoms with E-state index in [1.807, 2.05) is 38.1 Å². The van der Waals surface area contributed by atoms with Crippen molar-refractivity contribution in [3.8, 4) is 0 Å². The van der Waals surface area contributed by atoms with Crippen LogP contribution in [-0.2, 0) is 16.1 Å². The number of aryl methyl sites for hydroxylation is 2. The Morgan fingerprint density at radius 3 is 2.23 bits per heavy atom. The van der Waals surface area contributed by atoms with E-state index in [1.54, 1.807) is 0 Å². The van der Waals surface area contributed by atoms with Gasteiger partial charge < -0.3 is 10.6 Å². The van der Waals surface area contributed by atoms with Gasteiger partial charge in [0.15, 0.2) is 0 Å². The molecule has 6 nitrogen and oxygen atoms in total. The predicted molar refractivity (Wildman–Crippen MR) is 120 cm³/mol. The summed E-state index contributed by atoms with van der Waals surface area (Å²) in [6.07, 6.45) is 1.03. The lowest BCUT2D eigenvalue weighted by Crippen LogP contribution is -2.41. The number of benzene rings is 2. The maximum atomic E-state index is 12.3. The topological polar surface area (TPSA) is 64.7 Å². The highest BCUT2D eigenvalue weighted by molar-refractivity contribution is 5.95. The number of nitrogens with one attached hydrogen (secondary N) is 2. The summed E-state index contributed by atoms with van der Waals surface area (Å²) in [5, 5.41) is 5.66. The van der Waals surface area contributed by atoms with Crippen molar-refractivity contribution in [1.82, 2.24) is 15.1 Å². The summed E-state index contributed by atoms with van der Waals surface area (Å²) in [5.74, 6) is -0.311. The fourth-order valence-corrected chi connectivity index (χ4v) is 3.82. The Kier molecular flexibility index (Phi) is 7.99. The van der Waals surface area contributed by atoms with Crippen LogP contribution in [0.25, 0.3) is 0 Å². The van der Waals surface area contributed by atoms with Gasteiger partial charge in [-0.1, -0.05) is 48.5 Å². The van der Waals surface area contributed by atoms with E-state index in [0.717, 1.165) is 56.0 Å². The van der Waals surface area contributed by atoms with Crippen LogP contribution in [0.15, 0.2) is 48.5 Å². The van der Waals surface area contributed by atoms with Gasteiger partial charge in [-0.15, -0.1) is 0 Å². The lowest BCUT2D eigenvalue weighted by Gasteiger charge is -2.21. The summed E-state index contributed by atoms with van der Waals surface area (Å²) in [4.78, 5) is 29.2. The van der Waals surface area contributed by atoms with Crippen molar-refractivity contribution < 1.29 is 9.59 Å². The van der Waals surface area contributed by atoms with E-state index in [2.05, 4.69) is 44.7 Å². The molecule has 0 bridgehead atoms. The maximum Gasteiger partial charge on any atom is 0.243 e. The summed E-state index contributed by atoms with van der Waals surface area (Å²) >= 11 is 0. The molecular formula is C24H32N4O2. The highest BCUT2D eigenvalue weighted by Gasteiger charge is 2.17. The standard InChI is InChI=1S/C24H32N4O2/c1-19-8-6-9-20(2)24(19)26-22(29)16-25-23(30)18-28-13-7-12-27(14-15-28)17-21-10-4-3-5-11-21/h3-6,8-11H,7,12-18H2,1-2H3,(H,25,30)(H,26,29). The van der Waals surface area contributed by atoms with E-state index in [0.29, 0.717) is 6.54 Å². The van der Waals surface area contributed by atoms with E-state index in [1.165, 1.54) is 5.56 Å². The highest BCUT2D eigenvalue weighted by atomic mass is 16.2. The van der Waals surface area contributed by atoms with Crippen molar-refractivity contribution >= 4 is 17.5 Å². The Balaban J connectivity index is 1.40. The lowest BCUT2D eigenvalue weighted by atomic mass is 10.1. The average molecular weight is 409 g/mol. The van der Waals surface area contributed by atoms with Gasteiger partial charge in [-0.05, 0) is 50.0 Å². The van der Waals surface area contributed by atoms with Gasteiger partial charge in [-0.2, -0.15) is 0 Å². The first kappa shape index (κ1) is 22.0. The highest BCUT2D eigenvalue weighted by Crippen LogP contribution is 2.19. The summed E-state index contributed by atoms with van der Waals surface area (Å²) in [7, 11) is 0. The summed E-state index contributed by atoms with van der Waals surface area (Å²) in [6, 6.07) is 16.4. The molecule has 160 valence electrons. The molecule has 0 aromatic heterocycles. The first-order chi connectivity index (χ1) is 14.5. The number of nitrogens with zero attached hydrogens (tertiary/aromatic N) is 2. The second-order valence-electron chi connectivity index (χ2n) is 7.98. The van der Waals surface area contributed by atoms with Gasteiger partial charge in [-0.3, -0.25) is 19.4 Å². The number of hydrogen-bond acceptors (Lipinski definition) is 4. The zero-order valence-corrected chi connectivity index (χ0v) is 18.0. The third-order valence-corrected chi connectivity index (χ3v) is 5.49. The van der Waals surface area contributed by atoms with Crippen LogP contribution >= 0.6 is 0 Å². The zero-order valence-electron chi connectivity index (χ0n) is 18.0. The minimum atomic E-state index is -0.203. The fourth-order valence-electron chi connectivity index (χ4n) is 3.82. The monoisotopic (exact) mass is 408 g/mol. The molecule has 0 radical (unpaired) electrons. The average Bonchev–Trinajstić information content (AvgIpc) is 2.95. The SMILES string of the molecule is Cc1cccc(C)c1NC(=O)CNC(=O)CN1CCCN(Cc2ccccc2)CC1. The molecule has 6 heteroatoms. The van der Waals surface area contributed by atoms with E-state index < -0.39 is 0 Å². The molecule has 3 rings (SSSR count). The van der Waals surface area contributed by atoms with Gasteiger partial charge >= 0.3 is 0 Å². The molecule has 1 heterocycles. The first-order valence-electron chi connectivity index (χ1n) is 10.6. The molecule has 0 spiro atoms. The van der Waals surface area contributed by atoms with Gasteiger partial charge in [-0.25, -0.2) is 0 Å². The number of carbonyl (C=O) groups excluding carboxylic acids is 2. The Hall–Kier alpha value is -2.70. The minimum absolute atomic E-state index is 0.0133. The van der Waals surface area contributed by atoms with Crippen LogP contribution in [0.1, 0.15) is 23.1 Å². The van der Waals surface area contributed by atoms with Crippen LogP contribution < -0.4 is 10.6 Å². The van der Waals surface area contributed by atoms with Crippen molar-refractivity contribution in [2.45, 2.75) is 26.8 Å². The molecule has 2 N–H and O–H groups in total. The third kappa shape index (κ3) is 6.68. The van der Waals surface area contributed by atoms with Crippen LogP contribution in [0.3, 0.4) is 0 Å². The van der Waals surface area contributed by atoms with E-state index >= 15 is 0 Å². The van der Waals surface area contributed by atoms with Gasteiger partial charge in [0, 0.05) is 25.3 Å². The normalized spacial score (nSPS) is 15.4. The van der Waals surface area contributed by atoms with E-state index in [-0.39, 0.29) is 18.4 Å². The molecule has 0 unspecified atom stereocenters. The Morgan fingerprint density at radius 1 is 0.833 bits per heavy atom. The molecule has 0 saturated carbocycles. The number of amides is 2. The van der Waals surface area contributed by atoms with Crippen molar-refractivity contribution in [2.75, 3.05) is 44.6 Å². The molecule has 1 saturated heterocycles. The Labute approximate surface area is 179 Å². The molecule has 0 aliphatic carbocycles. The molecule has 1 fully saturated rings. The van der Waals surface area contributed by atoms with Crippen LogP contribution in [0.4, 0.5) is 5.69 Å². The van der Waals surface area contributed by atoms with Crippen molar-refractivity contribution in [1.29, 1.82) is 0 Å². The van der Waals surface area contributed by atoms with Crippen molar-refractivity contribution in [3.63, 3.8) is 0 Å². The van der Waals surface area contributed by atoms with E-state index in [9.17, 15) is 9.59 Å². The fraction of sp³-hybridized carbons (Fsp3) is 0.417. The molecule has 1 aliphatic heterocycles. The third-order valence-electron chi connectivity index (χ3n) is 5.49. The van der Waals surface area contributed by atoms with Crippen molar-refractivity contribution in [3.05, 3.63) is 65.2 Å². The number of hydrogen-bond donors (Lipinski definition) is 2. The molecule has 2 aromatic rings. The molecule has 0 atom stereocenters. The quantitative estimate of drug-likeness (QED) is 0.739. The van der Waals surface area contributed by atoms with Gasteiger partial charge in [0.2, 0.25) is 11.8 Å². The maximum absolute atomic E-state index is 12.3. The van der Waals surface area contributed by atoms with E-state index in [4.69, 9.17) is 0 Å². The number of para-hydroxylation sites is 1. The smallest absolute Gasteiger partial charge is 0.243 e. The van der Waals surface area contributed by atoms with Crippen LogP contribution in [0.2, 0.25) is 0 Å². The number of anilines is 1. The van der Waals surface area contributed by atoms with Gasteiger partial charge in [0.05, 0.1) is 13.1 Å². The Bertz CT molecular complexity index is 833. The lowest BCUT2D eigenvalue weighted by molar-refractivity contribution is -0.125. The first-order valence-corrected chi connectivity index (χ1v) is 10.6. The Morgan fingerprint density at radius 2 is 1.50 bits per heavy atom. The van der Waals surface area contributed by atoms with Crippen LogP contribution in [0.5, 0.6) is 0 Å². The number of carbonyl (C=O) groups is 2. The second-order valence-corrected chi connectivity index (χ2v) is 7.98. The largest absolute Gasteiger partial charge is 0.346 e. The second kappa shape index (κ2) is 10.9. The molecule has 30 heavy (non-hydrogen) atoms. The molecule has 1 aliphatic rings. The summed E-state index contributed by atoms with van der Waals surface area (Å²) < 4.78 is 0. The van der Waals surface area contributed by atoms with Gasteiger partial charge in [0.25, 0.3) is 0 Å². The van der Waals surface area contributed by atoms with Crippen molar-refractivity contribution in [2.24, 2.45) is 0 Å². The molecule has 2 amide bonds. The zero-order chi connectivity index (χ0) is 21.3. The van der Waals surface area contributed by atoms with Gasteiger partial charge in [0.1, 0.15) is 0 Å². The van der Waals surface area contributed by atoms with Crippen LogP contribution in [0, 0.1) is 13.8 Å². The predicted octanol–water partition coefficient (Wildman–Crippen LogP) is 2.57. The molecular weight excluding hydrogens is 376 g/mol. The molecule has 2 aromatic carbocycles. The number of rotatable bonds is 7. The summed E-state index contributed by atoms with van der Waals surface area (Å²) in [5.41, 5.74) is 4.17. The summed E-state index contributed by atoms with van der Waals surface area (Å²) in [6.45, 7) is 8.90. The van der Waals surface area contributed by atoms with Crippen LogP contribution in [-0.4, -0.2) is 60.9 Å².